The molecule has 1 N–H and O–H groups in total. The minimum absolute atomic E-state index is 0.00373. The smallest absolute Gasteiger partial charge is 0.284 e. The Balaban J connectivity index is 1.41. The van der Waals surface area contributed by atoms with Gasteiger partial charge >= 0.3 is 0 Å². The molecule has 1 aliphatic heterocycles. The van der Waals surface area contributed by atoms with Crippen molar-refractivity contribution in [3.63, 3.8) is 0 Å². The number of hydrogen-bond donors (Lipinski definition) is 1. The van der Waals surface area contributed by atoms with E-state index < -0.39 is 10.8 Å². The van der Waals surface area contributed by atoms with Crippen LogP contribution in [0.5, 0.6) is 0 Å². The average Bonchev–Trinajstić information content (AvgIpc) is 3.03. The fraction of sp³-hybridized carbons (Fsp3) is 0.306. The maximum Gasteiger partial charge on any atom is 0.284 e. The number of aromatic nitrogens is 1. The van der Waals surface area contributed by atoms with Gasteiger partial charge in [0, 0.05) is 55.6 Å². The molecule has 1 fully saturated rings. The molecular weight excluding hydrogens is 584 g/mol. The molecule has 5 rings (SSSR count). The predicted octanol–water partition coefficient (Wildman–Crippen LogP) is 6.21. The van der Waals surface area contributed by atoms with Crippen molar-refractivity contribution < 1.29 is 19.2 Å². The van der Waals surface area contributed by atoms with Crippen LogP contribution in [0.4, 0.5) is 17.1 Å². The molecule has 10 nitrogen and oxygen atoms in total. The van der Waals surface area contributed by atoms with Crippen LogP contribution in [0.25, 0.3) is 11.1 Å². The Hall–Kier alpha value is -5.09. The van der Waals surface area contributed by atoms with E-state index in [2.05, 4.69) is 26.1 Å². The lowest BCUT2D eigenvalue weighted by molar-refractivity contribution is -0.385. The molecular formula is C36H38N4O6. The fourth-order valence-corrected chi connectivity index (χ4v) is 5.60. The number of carbonyl (C=O) groups excluding carboxylic acids is 2. The molecule has 0 aliphatic carbocycles. The first kappa shape index (κ1) is 32.3. The van der Waals surface area contributed by atoms with Gasteiger partial charge in [0.25, 0.3) is 17.2 Å². The zero-order valence-electron chi connectivity index (χ0n) is 26.8. The van der Waals surface area contributed by atoms with Crippen LogP contribution in [0, 0.1) is 17.0 Å². The zero-order valence-corrected chi connectivity index (χ0v) is 26.8. The lowest BCUT2D eigenvalue weighted by atomic mass is 9.86. The summed E-state index contributed by atoms with van der Waals surface area (Å²) in [5, 5.41) is 15.0. The van der Waals surface area contributed by atoms with Crippen LogP contribution >= 0.6 is 0 Å². The molecule has 2 heterocycles. The van der Waals surface area contributed by atoms with Gasteiger partial charge in [0.2, 0.25) is 0 Å². The highest BCUT2D eigenvalue weighted by atomic mass is 16.6. The lowest BCUT2D eigenvalue weighted by Gasteiger charge is -2.26. The number of anilines is 2. The number of nitro benzene ring substituents is 1. The van der Waals surface area contributed by atoms with E-state index in [1.807, 2.05) is 49.4 Å². The highest BCUT2D eigenvalue weighted by molar-refractivity contribution is 5.99. The SMILES string of the molecule is Cc1c(CC(=O)c2ccc(C(C)(C)C)cc2)cccc1-c1cc(Nc2ccc(C(=O)N3CCOCC3)c([N+](=O)[O-])c2)c(=O)n(C)c1. The van der Waals surface area contributed by atoms with E-state index in [9.17, 15) is 24.5 Å². The molecule has 0 radical (unpaired) electrons. The molecule has 3 aromatic carbocycles. The summed E-state index contributed by atoms with van der Waals surface area (Å²) in [6.45, 7) is 9.83. The number of ether oxygens (including phenoxy) is 1. The fourth-order valence-electron chi connectivity index (χ4n) is 5.60. The summed E-state index contributed by atoms with van der Waals surface area (Å²) in [5.41, 5.74) is 4.99. The number of morpholine rings is 1. The molecule has 0 atom stereocenters. The molecule has 46 heavy (non-hydrogen) atoms. The quantitative estimate of drug-likeness (QED) is 0.141. The van der Waals surface area contributed by atoms with Crippen LogP contribution in [-0.4, -0.2) is 52.4 Å². The van der Waals surface area contributed by atoms with Gasteiger partial charge in [0.15, 0.2) is 5.78 Å². The highest BCUT2D eigenvalue weighted by Gasteiger charge is 2.27. The van der Waals surface area contributed by atoms with Crippen LogP contribution in [-0.2, 0) is 23.6 Å². The number of amides is 1. The number of rotatable bonds is 8. The number of carbonyl (C=O) groups is 2. The Kier molecular flexibility index (Phi) is 9.20. The molecule has 1 saturated heterocycles. The van der Waals surface area contributed by atoms with E-state index in [1.54, 1.807) is 25.4 Å². The van der Waals surface area contributed by atoms with Crippen molar-refractivity contribution in [3.8, 4) is 11.1 Å². The largest absolute Gasteiger partial charge is 0.378 e. The van der Waals surface area contributed by atoms with Crippen molar-refractivity contribution in [1.82, 2.24) is 9.47 Å². The maximum atomic E-state index is 13.2. The monoisotopic (exact) mass is 622 g/mol. The molecule has 10 heteroatoms. The second kappa shape index (κ2) is 13.1. The van der Waals surface area contributed by atoms with Crippen molar-refractivity contribution in [3.05, 3.63) is 121 Å². The van der Waals surface area contributed by atoms with Gasteiger partial charge < -0.3 is 19.5 Å². The van der Waals surface area contributed by atoms with Crippen LogP contribution in [0.1, 0.15) is 58.2 Å². The third-order valence-corrected chi connectivity index (χ3v) is 8.37. The van der Waals surface area contributed by atoms with E-state index in [-0.39, 0.29) is 40.1 Å². The van der Waals surface area contributed by atoms with Crippen molar-refractivity contribution in [2.24, 2.45) is 7.05 Å². The van der Waals surface area contributed by atoms with Gasteiger partial charge in [-0.05, 0) is 52.8 Å². The van der Waals surface area contributed by atoms with Gasteiger partial charge in [-0.3, -0.25) is 24.5 Å². The first-order chi connectivity index (χ1) is 21.8. The Bertz CT molecular complexity index is 1870. The van der Waals surface area contributed by atoms with Crippen molar-refractivity contribution in [2.45, 2.75) is 39.5 Å². The van der Waals surface area contributed by atoms with Crippen LogP contribution < -0.4 is 10.9 Å². The molecule has 1 aromatic heterocycles. The minimum atomic E-state index is -0.595. The number of benzene rings is 3. The minimum Gasteiger partial charge on any atom is -0.378 e. The summed E-state index contributed by atoms with van der Waals surface area (Å²) in [6.07, 6.45) is 1.95. The molecule has 1 aliphatic rings. The van der Waals surface area contributed by atoms with Crippen molar-refractivity contribution >= 4 is 28.8 Å². The number of nitrogens with zero attached hydrogens (tertiary/aromatic N) is 3. The zero-order chi connectivity index (χ0) is 33.2. The van der Waals surface area contributed by atoms with Gasteiger partial charge in [-0.25, -0.2) is 0 Å². The standard InChI is InChI=1S/C36H38N4O6/c1-23-25(20-33(41)24-9-11-27(12-10-24)36(2,3)4)7-6-8-29(23)26-19-31(35(43)38(5)22-26)37-28-13-14-30(32(21-28)40(44)45)34(42)39-15-17-46-18-16-39/h6-14,19,21-22,37H,15-18,20H2,1-5H3. The van der Waals surface area contributed by atoms with Gasteiger partial charge in [-0.1, -0.05) is 63.2 Å². The number of Topliss-reactive ketones (excluding diaryl/α,β-unsaturated/α-hetero) is 1. The van der Waals surface area contributed by atoms with E-state index in [0.717, 1.165) is 27.8 Å². The maximum absolute atomic E-state index is 13.2. The number of nitro groups is 1. The van der Waals surface area contributed by atoms with Crippen molar-refractivity contribution in [1.29, 1.82) is 0 Å². The third kappa shape index (κ3) is 6.92. The lowest BCUT2D eigenvalue weighted by Crippen LogP contribution is -2.40. The number of nitrogens with one attached hydrogen (secondary N) is 1. The summed E-state index contributed by atoms with van der Waals surface area (Å²) in [7, 11) is 1.63. The van der Waals surface area contributed by atoms with Gasteiger partial charge in [-0.2, -0.15) is 0 Å². The summed E-state index contributed by atoms with van der Waals surface area (Å²) in [4.78, 5) is 52.3. The molecule has 238 valence electrons. The van der Waals surface area contributed by atoms with E-state index >= 15 is 0 Å². The molecule has 4 aromatic rings. The van der Waals surface area contributed by atoms with Gasteiger partial charge in [-0.15, -0.1) is 0 Å². The average molecular weight is 623 g/mol. The van der Waals surface area contributed by atoms with Crippen LogP contribution in [0.3, 0.4) is 0 Å². The van der Waals surface area contributed by atoms with E-state index in [4.69, 9.17) is 4.74 Å². The molecule has 0 saturated carbocycles. The Morgan fingerprint density at radius 2 is 1.70 bits per heavy atom. The second-order valence-corrected chi connectivity index (χ2v) is 12.6. The molecule has 1 amide bonds. The van der Waals surface area contributed by atoms with Crippen LogP contribution in [0.15, 0.2) is 77.7 Å². The van der Waals surface area contributed by atoms with E-state index in [0.29, 0.717) is 37.6 Å². The Labute approximate surface area is 267 Å². The van der Waals surface area contributed by atoms with Crippen molar-refractivity contribution in [2.75, 3.05) is 31.6 Å². The number of aryl methyl sites for hydroxylation is 1. The second-order valence-electron chi connectivity index (χ2n) is 12.6. The van der Waals surface area contributed by atoms with Gasteiger partial charge in [0.05, 0.1) is 18.1 Å². The number of ketones is 1. The van der Waals surface area contributed by atoms with Crippen LogP contribution in [0.2, 0.25) is 0 Å². The summed E-state index contributed by atoms with van der Waals surface area (Å²) in [6, 6.07) is 19.4. The number of hydrogen-bond acceptors (Lipinski definition) is 7. The van der Waals surface area contributed by atoms with E-state index in [1.165, 1.54) is 21.6 Å². The topological polar surface area (TPSA) is 124 Å². The van der Waals surface area contributed by atoms with Gasteiger partial charge in [0.1, 0.15) is 11.3 Å². The normalized spacial score (nSPS) is 13.4. The molecule has 0 unspecified atom stereocenters. The molecule has 0 spiro atoms. The first-order valence-corrected chi connectivity index (χ1v) is 15.2. The Morgan fingerprint density at radius 3 is 2.35 bits per heavy atom. The summed E-state index contributed by atoms with van der Waals surface area (Å²) < 4.78 is 6.73. The summed E-state index contributed by atoms with van der Waals surface area (Å²) >= 11 is 0. The Morgan fingerprint density at radius 1 is 1.00 bits per heavy atom. The summed E-state index contributed by atoms with van der Waals surface area (Å²) in [5.74, 6) is -0.420. The first-order valence-electron chi connectivity index (χ1n) is 15.2. The number of pyridine rings is 1. The highest BCUT2D eigenvalue weighted by Crippen LogP contribution is 2.30. The predicted molar refractivity (Wildman–Crippen MR) is 178 cm³/mol. The third-order valence-electron chi connectivity index (χ3n) is 8.37. The molecule has 0 bridgehead atoms.